The average molecular weight is 328 g/mol. The number of sulfonamides is 1. The molecule has 2 saturated heterocycles. The summed E-state index contributed by atoms with van der Waals surface area (Å²) in [5, 5.41) is 16.7. The van der Waals surface area contributed by atoms with E-state index in [1.165, 1.54) is 4.31 Å². The van der Waals surface area contributed by atoms with Crippen LogP contribution in [0.4, 0.5) is 0 Å². The van der Waals surface area contributed by atoms with Gasteiger partial charge in [-0.3, -0.25) is 14.8 Å². The number of rotatable bonds is 4. The number of aliphatic carboxylic acids is 1. The molecule has 0 unspecified atom stereocenters. The molecule has 2 fully saturated rings. The molecule has 9 heteroatoms. The Morgan fingerprint density at radius 1 is 1.50 bits per heavy atom. The number of aryl methyl sites for hydroxylation is 1. The summed E-state index contributed by atoms with van der Waals surface area (Å²) >= 11 is 0. The molecule has 8 nitrogen and oxygen atoms in total. The van der Waals surface area contributed by atoms with Gasteiger partial charge in [-0.05, 0) is 13.0 Å². The molecule has 2 aliphatic heterocycles. The lowest BCUT2D eigenvalue weighted by Crippen LogP contribution is -2.41. The first-order valence-corrected chi connectivity index (χ1v) is 8.97. The lowest BCUT2D eigenvalue weighted by Gasteiger charge is -2.24. The molecule has 0 aliphatic carbocycles. The summed E-state index contributed by atoms with van der Waals surface area (Å²) in [5.74, 6) is -1.09. The Morgan fingerprint density at radius 3 is 2.73 bits per heavy atom. The molecule has 0 radical (unpaired) electrons. The first-order valence-electron chi connectivity index (χ1n) is 7.12. The Hall–Kier alpha value is -1.45. The van der Waals surface area contributed by atoms with E-state index in [1.807, 2.05) is 17.9 Å². The van der Waals surface area contributed by atoms with E-state index in [1.54, 1.807) is 0 Å². The molecule has 3 rings (SSSR count). The summed E-state index contributed by atoms with van der Waals surface area (Å²) in [5.41, 5.74) is 0.831. The van der Waals surface area contributed by atoms with E-state index >= 15 is 0 Å². The molecular weight excluding hydrogens is 308 g/mol. The lowest BCUT2D eigenvalue weighted by atomic mass is 9.81. The van der Waals surface area contributed by atoms with E-state index in [2.05, 4.69) is 10.2 Å². The summed E-state index contributed by atoms with van der Waals surface area (Å²) in [4.78, 5) is 13.9. The lowest BCUT2D eigenvalue weighted by molar-refractivity contribution is -0.148. The molecule has 0 bridgehead atoms. The van der Waals surface area contributed by atoms with Crippen LogP contribution in [-0.4, -0.2) is 71.3 Å². The van der Waals surface area contributed by atoms with E-state index in [4.69, 9.17) is 0 Å². The van der Waals surface area contributed by atoms with Crippen LogP contribution >= 0.6 is 0 Å². The Bertz CT molecular complexity index is 701. The van der Waals surface area contributed by atoms with Crippen molar-refractivity contribution in [3.05, 3.63) is 17.5 Å². The normalized spacial score (nSPS) is 29.8. The molecule has 0 spiro atoms. The number of H-pyrrole nitrogens is 1. The van der Waals surface area contributed by atoms with Gasteiger partial charge in [0.25, 0.3) is 0 Å². The summed E-state index contributed by atoms with van der Waals surface area (Å²) in [7, 11) is -3.36. The Kier molecular flexibility index (Phi) is 3.54. The van der Waals surface area contributed by atoms with Gasteiger partial charge in [0.15, 0.2) is 0 Å². The van der Waals surface area contributed by atoms with Crippen molar-refractivity contribution >= 4 is 16.0 Å². The highest BCUT2D eigenvalue weighted by atomic mass is 32.2. The number of aromatic amines is 1. The number of carboxylic acids is 1. The standard InChI is InChI=1S/C13H20N4O4S/c1-9-3-11(15-14-9)6-16-4-10-5-17(22(2,20)21)8-13(10,7-16)12(18)19/h3,10H,4-8H2,1-2H3,(H,14,15)(H,18,19)/t10-,13-/m0/s1. The summed E-state index contributed by atoms with van der Waals surface area (Å²) in [6.07, 6.45) is 1.13. The van der Waals surface area contributed by atoms with E-state index < -0.39 is 21.4 Å². The number of hydrogen-bond acceptors (Lipinski definition) is 5. The quantitative estimate of drug-likeness (QED) is 0.771. The van der Waals surface area contributed by atoms with Crippen LogP contribution in [0.1, 0.15) is 11.4 Å². The number of aromatic nitrogens is 2. The molecule has 0 amide bonds. The van der Waals surface area contributed by atoms with Crippen LogP contribution < -0.4 is 0 Å². The van der Waals surface area contributed by atoms with E-state index in [0.29, 0.717) is 19.6 Å². The fraction of sp³-hybridized carbons (Fsp3) is 0.692. The van der Waals surface area contributed by atoms with Crippen LogP contribution in [0.25, 0.3) is 0 Å². The van der Waals surface area contributed by atoms with Gasteiger partial charge in [0, 0.05) is 44.3 Å². The van der Waals surface area contributed by atoms with Crippen molar-refractivity contribution in [2.45, 2.75) is 13.5 Å². The number of carboxylic acid groups (broad SMARTS) is 1. The van der Waals surface area contributed by atoms with Gasteiger partial charge in [0.1, 0.15) is 0 Å². The van der Waals surface area contributed by atoms with Crippen LogP contribution in [-0.2, 0) is 21.4 Å². The van der Waals surface area contributed by atoms with E-state index in [0.717, 1.165) is 17.6 Å². The van der Waals surface area contributed by atoms with Crippen molar-refractivity contribution in [3.8, 4) is 0 Å². The topological polar surface area (TPSA) is 107 Å². The van der Waals surface area contributed by atoms with Crippen molar-refractivity contribution in [2.24, 2.45) is 11.3 Å². The SMILES string of the molecule is Cc1cc(CN2C[C@H]3CN(S(C)(=O)=O)C[C@@]3(C(=O)O)C2)n[nH]1. The van der Waals surface area contributed by atoms with Crippen LogP contribution in [0.2, 0.25) is 0 Å². The molecule has 2 aliphatic rings. The number of nitrogens with zero attached hydrogens (tertiary/aromatic N) is 3. The fourth-order valence-electron chi connectivity index (χ4n) is 3.58. The Labute approximate surface area is 129 Å². The Balaban J connectivity index is 1.78. The van der Waals surface area contributed by atoms with Crippen molar-refractivity contribution in [3.63, 3.8) is 0 Å². The van der Waals surface area contributed by atoms with Gasteiger partial charge >= 0.3 is 5.97 Å². The predicted octanol–water partition coefficient (Wildman–Crippen LogP) is -0.504. The summed E-state index contributed by atoms with van der Waals surface area (Å²) in [6, 6.07) is 1.93. The second-order valence-electron chi connectivity index (χ2n) is 6.43. The van der Waals surface area contributed by atoms with Gasteiger partial charge in [-0.15, -0.1) is 0 Å². The molecule has 122 valence electrons. The molecule has 3 heterocycles. The first-order chi connectivity index (χ1) is 10.2. The predicted molar refractivity (Wildman–Crippen MR) is 78.6 cm³/mol. The minimum Gasteiger partial charge on any atom is -0.481 e. The van der Waals surface area contributed by atoms with Crippen molar-refractivity contribution in [1.29, 1.82) is 0 Å². The molecule has 2 N–H and O–H groups in total. The number of fused-ring (bicyclic) bond motifs is 1. The van der Waals surface area contributed by atoms with Gasteiger partial charge in [-0.1, -0.05) is 0 Å². The zero-order chi connectivity index (χ0) is 16.1. The average Bonchev–Trinajstić information content (AvgIpc) is 3.01. The minimum absolute atomic E-state index is 0.0575. The van der Waals surface area contributed by atoms with Crippen LogP contribution in [0.5, 0.6) is 0 Å². The van der Waals surface area contributed by atoms with Crippen LogP contribution in [0, 0.1) is 18.3 Å². The molecule has 1 aromatic rings. The smallest absolute Gasteiger partial charge is 0.312 e. The third-order valence-electron chi connectivity index (χ3n) is 4.69. The largest absolute Gasteiger partial charge is 0.481 e. The van der Waals surface area contributed by atoms with Gasteiger partial charge in [-0.2, -0.15) is 5.10 Å². The first kappa shape index (κ1) is 15.4. The fourth-order valence-corrected chi connectivity index (χ4v) is 4.50. The van der Waals surface area contributed by atoms with E-state index in [-0.39, 0.29) is 19.0 Å². The Morgan fingerprint density at radius 2 is 2.23 bits per heavy atom. The molecule has 1 aromatic heterocycles. The zero-order valence-corrected chi connectivity index (χ0v) is 13.4. The molecule has 22 heavy (non-hydrogen) atoms. The number of carbonyl (C=O) groups is 1. The highest BCUT2D eigenvalue weighted by Gasteiger charge is 2.59. The van der Waals surface area contributed by atoms with Crippen LogP contribution in [0.3, 0.4) is 0 Å². The third kappa shape index (κ3) is 2.53. The maximum Gasteiger partial charge on any atom is 0.312 e. The van der Waals surface area contributed by atoms with Gasteiger partial charge in [0.05, 0.1) is 17.4 Å². The molecule has 0 saturated carbocycles. The van der Waals surface area contributed by atoms with Gasteiger partial charge in [0.2, 0.25) is 10.0 Å². The van der Waals surface area contributed by atoms with Gasteiger partial charge in [-0.25, -0.2) is 12.7 Å². The van der Waals surface area contributed by atoms with Crippen molar-refractivity contribution in [2.75, 3.05) is 32.4 Å². The molecule has 0 aromatic carbocycles. The van der Waals surface area contributed by atoms with Gasteiger partial charge < -0.3 is 5.11 Å². The molecular formula is C13H20N4O4S. The summed E-state index contributed by atoms with van der Waals surface area (Å²) in [6.45, 7) is 3.75. The van der Waals surface area contributed by atoms with E-state index in [9.17, 15) is 18.3 Å². The van der Waals surface area contributed by atoms with Crippen molar-refractivity contribution in [1.82, 2.24) is 19.4 Å². The number of hydrogen-bond donors (Lipinski definition) is 2. The zero-order valence-electron chi connectivity index (χ0n) is 12.6. The minimum atomic E-state index is -3.36. The maximum absolute atomic E-state index is 11.8. The number of likely N-dealkylation sites (tertiary alicyclic amines) is 1. The molecule has 2 atom stereocenters. The second kappa shape index (κ2) is 5.04. The highest BCUT2D eigenvalue weighted by Crippen LogP contribution is 2.43. The monoisotopic (exact) mass is 328 g/mol. The number of nitrogens with one attached hydrogen (secondary N) is 1. The second-order valence-corrected chi connectivity index (χ2v) is 8.41. The summed E-state index contributed by atoms with van der Waals surface area (Å²) < 4.78 is 24.7. The van der Waals surface area contributed by atoms with Crippen LogP contribution in [0.15, 0.2) is 6.07 Å². The third-order valence-corrected chi connectivity index (χ3v) is 5.90. The maximum atomic E-state index is 11.8. The highest BCUT2D eigenvalue weighted by molar-refractivity contribution is 7.88. The van der Waals surface area contributed by atoms with Crippen molar-refractivity contribution < 1.29 is 18.3 Å².